The molecule has 0 bridgehead atoms. The zero-order chi connectivity index (χ0) is 15.2. The Morgan fingerprint density at radius 1 is 1.10 bits per heavy atom. The summed E-state index contributed by atoms with van der Waals surface area (Å²) in [5, 5.41) is 0. The Morgan fingerprint density at radius 2 is 1.81 bits per heavy atom. The van der Waals surface area contributed by atoms with Crippen molar-refractivity contribution in [1.29, 1.82) is 0 Å². The molecular formula is C17H19F2NO. The second-order valence-corrected chi connectivity index (χ2v) is 4.96. The third-order valence-electron chi connectivity index (χ3n) is 3.28. The van der Waals surface area contributed by atoms with Gasteiger partial charge in [0.25, 0.3) is 0 Å². The van der Waals surface area contributed by atoms with Crippen molar-refractivity contribution in [2.24, 2.45) is 5.73 Å². The van der Waals surface area contributed by atoms with Crippen molar-refractivity contribution in [2.45, 2.75) is 25.8 Å². The van der Waals surface area contributed by atoms with Gasteiger partial charge < -0.3 is 10.5 Å². The first-order valence-corrected chi connectivity index (χ1v) is 7.03. The molecule has 0 saturated heterocycles. The van der Waals surface area contributed by atoms with E-state index in [4.69, 9.17) is 10.5 Å². The molecule has 2 N–H and O–H groups in total. The number of ether oxygens (including phenoxy) is 1. The topological polar surface area (TPSA) is 35.2 Å². The van der Waals surface area contributed by atoms with E-state index >= 15 is 0 Å². The second kappa shape index (κ2) is 7.18. The number of hydrogen-bond acceptors (Lipinski definition) is 2. The first-order chi connectivity index (χ1) is 10.1. The van der Waals surface area contributed by atoms with Gasteiger partial charge in [0.2, 0.25) is 5.82 Å². The van der Waals surface area contributed by atoms with E-state index in [1.165, 1.54) is 17.7 Å². The Labute approximate surface area is 123 Å². The van der Waals surface area contributed by atoms with E-state index in [2.05, 4.69) is 6.92 Å². The van der Waals surface area contributed by atoms with Gasteiger partial charge in [-0.1, -0.05) is 43.7 Å². The zero-order valence-corrected chi connectivity index (χ0v) is 12.0. The maximum atomic E-state index is 13.5. The number of hydrogen-bond donors (Lipinski definition) is 1. The fourth-order valence-electron chi connectivity index (χ4n) is 2.09. The number of benzene rings is 2. The Balaban J connectivity index is 1.98. The van der Waals surface area contributed by atoms with E-state index in [1.807, 2.05) is 24.3 Å². The molecule has 2 nitrogen and oxygen atoms in total. The van der Waals surface area contributed by atoms with Crippen molar-refractivity contribution < 1.29 is 13.5 Å². The normalized spacial score (nSPS) is 12.2. The van der Waals surface area contributed by atoms with Crippen molar-refractivity contribution >= 4 is 0 Å². The van der Waals surface area contributed by atoms with Crippen LogP contribution in [0.15, 0.2) is 42.5 Å². The van der Waals surface area contributed by atoms with Crippen LogP contribution in [0.2, 0.25) is 0 Å². The first kappa shape index (κ1) is 15.4. The van der Waals surface area contributed by atoms with Gasteiger partial charge in [0.05, 0.1) is 6.04 Å². The molecule has 2 rings (SSSR count). The number of nitrogens with two attached hydrogens (primary N) is 1. The molecule has 0 aliphatic carbocycles. The predicted octanol–water partition coefficient (Wildman–Crippen LogP) is 4.00. The van der Waals surface area contributed by atoms with Crippen molar-refractivity contribution in [3.8, 4) is 5.75 Å². The van der Waals surface area contributed by atoms with E-state index in [0.717, 1.165) is 24.5 Å². The minimum atomic E-state index is -0.983. The van der Waals surface area contributed by atoms with Crippen molar-refractivity contribution in [3.63, 3.8) is 0 Å². The van der Waals surface area contributed by atoms with Crippen LogP contribution in [-0.4, -0.2) is 6.61 Å². The highest BCUT2D eigenvalue weighted by Crippen LogP contribution is 2.21. The monoisotopic (exact) mass is 291 g/mol. The Kier molecular flexibility index (Phi) is 5.28. The summed E-state index contributed by atoms with van der Waals surface area (Å²) in [4.78, 5) is 0. The van der Waals surface area contributed by atoms with Gasteiger partial charge in [0.1, 0.15) is 6.61 Å². The fraction of sp³-hybridized carbons (Fsp3) is 0.294. The SMILES string of the molecule is CCCc1ccc(C(N)COc2cccc(F)c2F)cc1. The molecule has 2 aromatic carbocycles. The molecule has 1 unspecified atom stereocenters. The summed E-state index contributed by atoms with van der Waals surface area (Å²) < 4.78 is 31.8. The maximum absolute atomic E-state index is 13.5. The van der Waals surface area contributed by atoms with Gasteiger partial charge in [-0.3, -0.25) is 0 Å². The predicted molar refractivity (Wildman–Crippen MR) is 79.2 cm³/mol. The minimum Gasteiger partial charge on any atom is -0.488 e. The van der Waals surface area contributed by atoms with Crippen LogP contribution >= 0.6 is 0 Å². The molecule has 0 radical (unpaired) electrons. The van der Waals surface area contributed by atoms with Gasteiger partial charge in [-0.2, -0.15) is 4.39 Å². The highest BCUT2D eigenvalue weighted by molar-refractivity contribution is 5.27. The van der Waals surface area contributed by atoms with Crippen LogP contribution in [0.3, 0.4) is 0 Å². The standard InChI is InChI=1S/C17H19F2NO/c1-2-4-12-7-9-13(10-8-12)15(20)11-21-16-6-3-5-14(18)17(16)19/h3,5-10,15H,2,4,11,20H2,1H3. The summed E-state index contributed by atoms with van der Waals surface area (Å²) in [5.41, 5.74) is 8.18. The third kappa shape index (κ3) is 4.02. The lowest BCUT2D eigenvalue weighted by atomic mass is 10.0. The van der Waals surface area contributed by atoms with E-state index in [-0.39, 0.29) is 18.4 Å². The van der Waals surface area contributed by atoms with E-state index in [0.29, 0.717) is 0 Å². The summed E-state index contributed by atoms with van der Waals surface area (Å²) in [6, 6.07) is 11.4. The molecule has 1 atom stereocenters. The molecule has 21 heavy (non-hydrogen) atoms. The summed E-state index contributed by atoms with van der Waals surface area (Å²) in [7, 11) is 0. The fourth-order valence-corrected chi connectivity index (χ4v) is 2.09. The summed E-state index contributed by atoms with van der Waals surface area (Å²) in [5.74, 6) is -2.03. The van der Waals surface area contributed by atoms with Gasteiger partial charge in [0, 0.05) is 0 Å². The van der Waals surface area contributed by atoms with Crippen molar-refractivity contribution in [3.05, 3.63) is 65.2 Å². The second-order valence-electron chi connectivity index (χ2n) is 4.96. The number of aryl methyl sites for hydroxylation is 1. The molecule has 112 valence electrons. The van der Waals surface area contributed by atoms with Gasteiger partial charge in [-0.15, -0.1) is 0 Å². The van der Waals surface area contributed by atoms with Crippen LogP contribution < -0.4 is 10.5 Å². The lowest BCUT2D eigenvalue weighted by Crippen LogP contribution is -2.19. The number of halogens is 2. The van der Waals surface area contributed by atoms with Gasteiger partial charge in [0.15, 0.2) is 11.6 Å². The maximum Gasteiger partial charge on any atom is 0.200 e. The van der Waals surface area contributed by atoms with Crippen LogP contribution in [0.1, 0.15) is 30.5 Å². The molecule has 0 spiro atoms. The van der Waals surface area contributed by atoms with Gasteiger partial charge in [-0.05, 0) is 29.7 Å². The molecule has 0 amide bonds. The zero-order valence-electron chi connectivity index (χ0n) is 12.0. The van der Waals surface area contributed by atoms with Crippen LogP contribution in [0.25, 0.3) is 0 Å². The van der Waals surface area contributed by atoms with E-state index < -0.39 is 11.6 Å². The van der Waals surface area contributed by atoms with E-state index in [9.17, 15) is 8.78 Å². The van der Waals surface area contributed by atoms with Crippen LogP contribution in [0.5, 0.6) is 5.75 Å². The minimum absolute atomic E-state index is 0.0908. The molecule has 4 heteroatoms. The first-order valence-electron chi connectivity index (χ1n) is 7.03. The molecule has 0 heterocycles. The lowest BCUT2D eigenvalue weighted by Gasteiger charge is -2.14. The molecule has 0 aromatic heterocycles. The van der Waals surface area contributed by atoms with E-state index in [1.54, 1.807) is 0 Å². The summed E-state index contributed by atoms with van der Waals surface area (Å²) >= 11 is 0. The molecule has 0 aliphatic rings. The Morgan fingerprint density at radius 3 is 2.48 bits per heavy atom. The van der Waals surface area contributed by atoms with Crippen LogP contribution in [0, 0.1) is 11.6 Å². The third-order valence-corrected chi connectivity index (χ3v) is 3.28. The van der Waals surface area contributed by atoms with Gasteiger partial charge >= 0.3 is 0 Å². The largest absolute Gasteiger partial charge is 0.488 e. The molecular weight excluding hydrogens is 272 g/mol. The molecule has 0 saturated carbocycles. The smallest absolute Gasteiger partial charge is 0.200 e. The van der Waals surface area contributed by atoms with Gasteiger partial charge in [-0.25, -0.2) is 4.39 Å². The van der Waals surface area contributed by atoms with Crippen molar-refractivity contribution in [2.75, 3.05) is 6.61 Å². The average molecular weight is 291 g/mol. The summed E-state index contributed by atoms with van der Waals surface area (Å²) in [6.45, 7) is 2.22. The highest BCUT2D eigenvalue weighted by Gasteiger charge is 2.12. The quantitative estimate of drug-likeness (QED) is 0.873. The summed E-state index contributed by atoms with van der Waals surface area (Å²) in [6.07, 6.45) is 2.12. The number of rotatable bonds is 6. The average Bonchev–Trinajstić information content (AvgIpc) is 2.49. The Hall–Kier alpha value is -1.94. The molecule has 2 aromatic rings. The molecule has 0 fully saturated rings. The lowest BCUT2D eigenvalue weighted by molar-refractivity contribution is 0.272. The van der Waals surface area contributed by atoms with Crippen LogP contribution in [0.4, 0.5) is 8.78 Å². The molecule has 0 aliphatic heterocycles. The highest BCUT2D eigenvalue weighted by atomic mass is 19.2. The van der Waals surface area contributed by atoms with Crippen LogP contribution in [-0.2, 0) is 6.42 Å². The van der Waals surface area contributed by atoms with Crippen molar-refractivity contribution in [1.82, 2.24) is 0 Å². The Bertz CT molecular complexity index is 584.